The number of hydrogen-bond acceptors (Lipinski definition) is 3. The Morgan fingerprint density at radius 3 is 2.72 bits per heavy atom. The van der Waals surface area contributed by atoms with Crippen LogP contribution in [0.4, 0.5) is 0 Å². The Balaban J connectivity index is 2.80. The molecule has 0 aliphatic rings. The quantitative estimate of drug-likeness (QED) is 0.771. The summed E-state index contributed by atoms with van der Waals surface area (Å²) in [6.07, 6.45) is 2.30. The molecule has 100 valence electrons. The monoisotopic (exact) mass is 267 g/mol. The van der Waals surface area contributed by atoms with Gasteiger partial charge in [0.1, 0.15) is 16.5 Å². The number of benzene rings is 1. The predicted molar refractivity (Wildman–Crippen MR) is 78.4 cm³/mol. The Kier molecular flexibility index (Phi) is 5.92. The first-order valence-electron chi connectivity index (χ1n) is 6.19. The molecule has 0 spiro atoms. The highest BCUT2D eigenvalue weighted by Crippen LogP contribution is 2.25. The van der Waals surface area contributed by atoms with Gasteiger partial charge in [0.25, 0.3) is 0 Å². The molecular formula is C14H21NO2S. The normalized spacial score (nSPS) is 11.9. The van der Waals surface area contributed by atoms with Gasteiger partial charge in [-0.25, -0.2) is 0 Å². The molecule has 18 heavy (non-hydrogen) atoms. The van der Waals surface area contributed by atoms with Gasteiger partial charge in [0.2, 0.25) is 0 Å². The maximum absolute atomic E-state index is 5.81. The second-order valence-corrected chi connectivity index (χ2v) is 4.87. The second kappa shape index (κ2) is 7.21. The summed E-state index contributed by atoms with van der Waals surface area (Å²) in [6, 6.07) is 5.49. The molecule has 0 aliphatic heterocycles. The van der Waals surface area contributed by atoms with Crippen LogP contribution in [0, 0.1) is 5.92 Å². The molecule has 1 aromatic carbocycles. The van der Waals surface area contributed by atoms with Crippen molar-refractivity contribution in [2.75, 3.05) is 13.7 Å². The fourth-order valence-corrected chi connectivity index (χ4v) is 1.93. The summed E-state index contributed by atoms with van der Waals surface area (Å²) in [5, 5.41) is 0. The smallest absolute Gasteiger partial charge is 0.133 e. The fraction of sp³-hybridized carbons (Fsp3) is 0.500. The van der Waals surface area contributed by atoms with Crippen LogP contribution in [0.5, 0.6) is 11.5 Å². The summed E-state index contributed by atoms with van der Waals surface area (Å²) < 4.78 is 11.0. The lowest BCUT2D eigenvalue weighted by atomic mass is 10.1. The van der Waals surface area contributed by atoms with E-state index in [2.05, 4.69) is 13.8 Å². The highest BCUT2D eigenvalue weighted by Gasteiger charge is 2.10. The van der Waals surface area contributed by atoms with E-state index in [1.54, 1.807) is 7.11 Å². The molecule has 2 N–H and O–H groups in total. The maximum atomic E-state index is 5.81. The van der Waals surface area contributed by atoms with Crippen molar-refractivity contribution in [1.82, 2.24) is 0 Å². The third-order valence-corrected chi connectivity index (χ3v) is 2.98. The van der Waals surface area contributed by atoms with Crippen LogP contribution in [0.25, 0.3) is 0 Å². The number of thiocarbonyl (C=S) groups is 1. The number of ether oxygens (including phenoxy) is 2. The van der Waals surface area contributed by atoms with Crippen LogP contribution in [0.2, 0.25) is 0 Å². The van der Waals surface area contributed by atoms with Crippen LogP contribution in [0.15, 0.2) is 18.2 Å². The third-order valence-electron chi connectivity index (χ3n) is 2.76. The molecule has 3 nitrogen and oxygen atoms in total. The van der Waals surface area contributed by atoms with Crippen molar-refractivity contribution in [3.63, 3.8) is 0 Å². The standard InChI is InChI=1S/C14H21NO2S/c1-4-5-10(2)9-17-13-8-11(16-3)6-7-12(13)14(15)18/h6-8,10H,4-5,9H2,1-3H3,(H2,15,18). The Morgan fingerprint density at radius 1 is 1.44 bits per heavy atom. The molecule has 0 bridgehead atoms. The number of rotatable bonds is 7. The van der Waals surface area contributed by atoms with Crippen LogP contribution < -0.4 is 15.2 Å². The molecule has 0 aliphatic carbocycles. The summed E-state index contributed by atoms with van der Waals surface area (Å²) in [5.74, 6) is 1.96. The van der Waals surface area contributed by atoms with Gasteiger partial charge < -0.3 is 15.2 Å². The van der Waals surface area contributed by atoms with Crippen molar-refractivity contribution in [3.8, 4) is 11.5 Å². The Morgan fingerprint density at radius 2 is 2.17 bits per heavy atom. The lowest BCUT2D eigenvalue weighted by Crippen LogP contribution is -2.14. The molecule has 1 unspecified atom stereocenters. The Labute approximate surface area is 114 Å². The van der Waals surface area contributed by atoms with Gasteiger partial charge in [-0.3, -0.25) is 0 Å². The van der Waals surface area contributed by atoms with E-state index < -0.39 is 0 Å². The minimum absolute atomic E-state index is 0.343. The van der Waals surface area contributed by atoms with Crippen LogP contribution in [-0.2, 0) is 0 Å². The Hall–Kier alpha value is -1.29. The topological polar surface area (TPSA) is 44.5 Å². The van der Waals surface area contributed by atoms with Gasteiger partial charge in [0.15, 0.2) is 0 Å². The van der Waals surface area contributed by atoms with E-state index in [4.69, 9.17) is 27.4 Å². The van der Waals surface area contributed by atoms with Crippen molar-refractivity contribution in [2.24, 2.45) is 11.7 Å². The molecule has 0 aromatic heterocycles. The Bertz CT molecular complexity index is 407. The summed E-state index contributed by atoms with van der Waals surface area (Å²) in [6.45, 7) is 5.00. The summed E-state index contributed by atoms with van der Waals surface area (Å²) >= 11 is 5.02. The number of methoxy groups -OCH3 is 1. The summed E-state index contributed by atoms with van der Waals surface area (Å²) in [7, 11) is 1.62. The molecule has 1 atom stereocenters. The van der Waals surface area contributed by atoms with Crippen molar-refractivity contribution >= 4 is 17.2 Å². The average molecular weight is 267 g/mol. The van der Waals surface area contributed by atoms with Crippen molar-refractivity contribution in [1.29, 1.82) is 0 Å². The SMILES string of the molecule is CCCC(C)COc1cc(OC)ccc1C(N)=S. The van der Waals surface area contributed by atoms with E-state index >= 15 is 0 Å². The van der Waals surface area contributed by atoms with Crippen molar-refractivity contribution in [2.45, 2.75) is 26.7 Å². The molecule has 4 heteroatoms. The van der Waals surface area contributed by atoms with Crippen LogP contribution in [0.3, 0.4) is 0 Å². The predicted octanol–water partition coefficient (Wildman–Crippen LogP) is 3.14. The first-order chi connectivity index (χ1) is 8.58. The third kappa shape index (κ3) is 4.18. The first kappa shape index (κ1) is 14.8. The van der Waals surface area contributed by atoms with E-state index in [0.717, 1.165) is 24.2 Å². The minimum Gasteiger partial charge on any atom is -0.497 e. The zero-order valence-electron chi connectivity index (χ0n) is 11.2. The molecule has 1 rings (SSSR count). The van der Waals surface area contributed by atoms with Gasteiger partial charge in [-0.15, -0.1) is 0 Å². The molecular weight excluding hydrogens is 246 g/mol. The van der Waals surface area contributed by atoms with E-state index in [9.17, 15) is 0 Å². The fourth-order valence-electron chi connectivity index (χ4n) is 1.76. The largest absolute Gasteiger partial charge is 0.497 e. The van der Waals surface area contributed by atoms with Gasteiger partial charge >= 0.3 is 0 Å². The highest BCUT2D eigenvalue weighted by atomic mass is 32.1. The van der Waals surface area contributed by atoms with Crippen LogP contribution in [-0.4, -0.2) is 18.7 Å². The summed E-state index contributed by atoms with van der Waals surface area (Å²) in [5.41, 5.74) is 6.44. The molecule has 0 saturated heterocycles. The zero-order chi connectivity index (χ0) is 13.5. The lowest BCUT2D eigenvalue weighted by Gasteiger charge is -2.15. The van der Waals surface area contributed by atoms with Gasteiger partial charge in [-0.05, 0) is 24.5 Å². The average Bonchev–Trinajstić information content (AvgIpc) is 2.36. The van der Waals surface area contributed by atoms with Gasteiger partial charge in [-0.2, -0.15) is 0 Å². The maximum Gasteiger partial charge on any atom is 0.133 e. The number of hydrogen-bond donors (Lipinski definition) is 1. The van der Waals surface area contributed by atoms with E-state index in [-0.39, 0.29) is 0 Å². The molecule has 1 aromatic rings. The molecule has 0 heterocycles. The summed E-state index contributed by atoms with van der Waals surface area (Å²) in [4.78, 5) is 0.343. The van der Waals surface area contributed by atoms with Gasteiger partial charge in [0, 0.05) is 6.07 Å². The lowest BCUT2D eigenvalue weighted by molar-refractivity contribution is 0.250. The van der Waals surface area contributed by atoms with Gasteiger partial charge in [0.05, 0.1) is 19.3 Å². The van der Waals surface area contributed by atoms with E-state index in [1.807, 2.05) is 18.2 Å². The second-order valence-electron chi connectivity index (χ2n) is 4.43. The molecule has 0 saturated carbocycles. The van der Waals surface area contributed by atoms with E-state index in [1.165, 1.54) is 0 Å². The highest BCUT2D eigenvalue weighted by molar-refractivity contribution is 7.80. The van der Waals surface area contributed by atoms with Crippen LogP contribution in [0.1, 0.15) is 32.3 Å². The zero-order valence-corrected chi connectivity index (χ0v) is 12.0. The number of nitrogens with two attached hydrogens (primary N) is 1. The minimum atomic E-state index is 0.343. The van der Waals surface area contributed by atoms with E-state index in [0.29, 0.717) is 23.3 Å². The molecule has 0 amide bonds. The molecule has 0 radical (unpaired) electrons. The van der Waals surface area contributed by atoms with Crippen molar-refractivity contribution < 1.29 is 9.47 Å². The molecule has 0 fully saturated rings. The van der Waals surface area contributed by atoms with Gasteiger partial charge in [-0.1, -0.05) is 32.5 Å². The van der Waals surface area contributed by atoms with Crippen molar-refractivity contribution in [3.05, 3.63) is 23.8 Å². The van der Waals surface area contributed by atoms with Crippen LogP contribution >= 0.6 is 12.2 Å². The first-order valence-corrected chi connectivity index (χ1v) is 6.60.